The molecule has 0 unspecified atom stereocenters. The lowest BCUT2D eigenvalue weighted by molar-refractivity contribution is -0.313. The van der Waals surface area contributed by atoms with Gasteiger partial charge in [0, 0.05) is 6.04 Å². The van der Waals surface area contributed by atoms with E-state index in [1.54, 1.807) is 0 Å². The van der Waals surface area contributed by atoms with Crippen LogP contribution in [0.1, 0.15) is 85.5 Å². The summed E-state index contributed by atoms with van der Waals surface area (Å²) in [6.45, 7) is 10.3. The van der Waals surface area contributed by atoms with E-state index in [0.29, 0.717) is 35.6 Å². The van der Waals surface area contributed by atoms with Crippen LogP contribution in [-0.2, 0) is 9.47 Å². The standard InChI is InChI=1S/C33H55NO7/c1-17-5-8-24(34-15-17)18(2)27-25(36)14-23-21-7-6-19-13-20(9-11-32(19,3)22(21)10-12-33(23,27)4)40-31-30(39)29(38)28(37)26(16-35)41-31/h6,17-18,20-31,34-39H,5,7-16H2,1-4H3/t17-,18-,20+,21-,22+,23+,24-,25-,26-,27+,28-,29+,30-,31-,32+,33+/m1/s1. The van der Waals surface area contributed by atoms with Gasteiger partial charge in [-0.3, -0.25) is 0 Å². The fraction of sp³-hybridized carbons (Fsp3) is 0.939. The largest absolute Gasteiger partial charge is 0.394 e. The number of piperidine rings is 1. The molecule has 6 rings (SSSR count). The van der Waals surface area contributed by atoms with Crippen LogP contribution in [0.15, 0.2) is 11.6 Å². The fourth-order valence-corrected chi connectivity index (χ4v) is 10.8. The first kappa shape index (κ1) is 30.4. The van der Waals surface area contributed by atoms with Crippen molar-refractivity contribution in [3.63, 3.8) is 0 Å². The van der Waals surface area contributed by atoms with Gasteiger partial charge in [0.05, 0.1) is 18.8 Å². The molecule has 3 saturated carbocycles. The Kier molecular flexibility index (Phi) is 8.47. The minimum Gasteiger partial charge on any atom is -0.394 e. The normalized spacial score (nSPS) is 54.5. The van der Waals surface area contributed by atoms with Crippen molar-refractivity contribution in [2.24, 2.45) is 46.3 Å². The van der Waals surface area contributed by atoms with Crippen LogP contribution in [0, 0.1) is 46.3 Å². The molecule has 234 valence electrons. The molecule has 2 aliphatic heterocycles. The van der Waals surface area contributed by atoms with Gasteiger partial charge >= 0.3 is 0 Å². The van der Waals surface area contributed by atoms with Crippen molar-refractivity contribution in [1.29, 1.82) is 0 Å². The molecule has 2 heterocycles. The molecule has 16 atom stereocenters. The summed E-state index contributed by atoms with van der Waals surface area (Å²) in [6.07, 6.45) is 5.37. The van der Waals surface area contributed by atoms with Crippen molar-refractivity contribution < 1.29 is 35.0 Å². The second kappa shape index (κ2) is 11.4. The van der Waals surface area contributed by atoms with Crippen molar-refractivity contribution in [3.8, 4) is 0 Å². The van der Waals surface area contributed by atoms with E-state index in [1.165, 1.54) is 31.3 Å². The summed E-state index contributed by atoms with van der Waals surface area (Å²) < 4.78 is 11.8. The molecule has 8 heteroatoms. The van der Waals surface area contributed by atoms with Gasteiger partial charge in [-0.15, -0.1) is 0 Å². The maximum atomic E-state index is 11.6. The molecule has 4 aliphatic carbocycles. The third-order valence-corrected chi connectivity index (χ3v) is 13.2. The summed E-state index contributed by atoms with van der Waals surface area (Å²) in [6, 6.07) is 0.508. The Morgan fingerprint density at radius 2 is 1.80 bits per heavy atom. The van der Waals surface area contributed by atoms with Crippen molar-refractivity contribution in [2.75, 3.05) is 13.2 Å². The zero-order valence-corrected chi connectivity index (χ0v) is 25.5. The summed E-state index contributed by atoms with van der Waals surface area (Å²) in [5.74, 6) is 3.31. The Balaban J connectivity index is 1.15. The number of rotatable bonds is 5. The van der Waals surface area contributed by atoms with Crippen LogP contribution in [0.2, 0.25) is 0 Å². The lowest BCUT2D eigenvalue weighted by Gasteiger charge is -2.58. The highest BCUT2D eigenvalue weighted by molar-refractivity contribution is 5.26. The van der Waals surface area contributed by atoms with Gasteiger partial charge in [0.15, 0.2) is 6.29 Å². The number of ether oxygens (including phenoxy) is 2. The van der Waals surface area contributed by atoms with E-state index in [4.69, 9.17) is 9.47 Å². The van der Waals surface area contributed by atoms with E-state index in [9.17, 15) is 25.5 Å². The number of aliphatic hydroxyl groups is 5. The number of allylic oxidation sites excluding steroid dienone is 1. The number of hydrogen-bond acceptors (Lipinski definition) is 8. The third kappa shape index (κ3) is 5.06. The molecule has 0 amide bonds. The highest BCUT2D eigenvalue weighted by atomic mass is 16.7. The first-order valence-corrected chi connectivity index (χ1v) is 16.5. The summed E-state index contributed by atoms with van der Waals surface area (Å²) in [7, 11) is 0. The van der Waals surface area contributed by atoms with E-state index in [-0.39, 0.29) is 23.0 Å². The third-order valence-electron chi connectivity index (χ3n) is 13.2. The monoisotopic (exact) mass is 577 g/mol. The lowest BCUT2D eigenvalue weighted by atomic mass is 9.47. The fourth-order valence-electron chi connectivity index (χ4n) is 10.8. The predicted molar refractivity (Wildman–Crippen MR) is 155 cm³/mol. The number of fused-ring (bicyclic) bond motifs is 5. The number of aliphatic hydroxyl groups excluding tert-OH is 5. The Hall–Kier alpha value is -0.580. The van der Waals surface area contributed by atoms with E-state index in [2.05, 4.69) is 39.1 Å². The van der Waals surface area contributed by atoms with Crippen LogP contribution in [0.4, 0.5) is 0 Å². The Morgan fingerprint density at radius 1 is 1.02 bits per heavy atom. The summed E-state index contributed by atoms with van der Waals surface area (Å²) in [5, 5.41) is 55.8. The van der Waals surface area contributed by atoms with Gasteiger partial charge in [0.2, 0.25) is 0 Å². The first-order chi connectivity index (χ1) is 19.5. The van der Waals surface area contributed by atoms with Gasteiger partial charge in [-0.1, -0.05) is 39.3 Å². The van der Waals surface area contributed by atoms with Crippen molar-refractivity contribution in [3.05, 3.63) is 11.6 Å². The van der Waals surface area contributed by atoms with Crippen molar-refractivity contribution >= 4 is 0 Å². The second-order valence-corrected chi connectivity index (χ2v) is 15.4. The predicted octanol–water partition coefficient (Wildman–Crippen LogP) is 2.75. The molecule has 0 spiro atoms. The minimum atomic E-state index is -1.42. The summed E-state index contributed by atoms with van der Waals surface area (Å²) >= 11 is 0. The first-order valence-electron chi connectivity index (χ1n) is 16.5. The smallest absolute Gasteiger partial charge is 0.186 e. The molecule has 5 fully saturated rings. The zero-order valence-electron chi connectivity index (χ0n) is 25.5. The molecule has 0 radical (unpaired) electrons. The van der Waals surface area contributed by atoms with Gasteiger partial charge in [-0.05, 0) is 111 Å². The highest BCUT2D eigenvalue weighted by Crippen LogP contribution is 2.67. The molecule has 2 saturated heterocycles. The van der Waals surface area contributed by atoms with Gasteiger partial charge in [0.1, 0.15) is 24.4 Å². The number of nitrogens with one attached hydrogen (secondary N) is 1. The highest BCUT2D eigenvalue weighted by Gasteiger charge is 2.62. The Bertz CT molecular complexity index is 967. The van der Waals surface area contributed by atoms with E-state index in [1.807, 2.05) is 0 Å². The molecule has 6 N–H and O–H groups in total. The quantitative estimate of drug-likeness (QED) is 0.275. The minimum absolute atomic E-state index is 0.106. The topological polar surface area (TPSA) is 132 Å². The summed E-state index contributed by atoms with van der Waals surface area (Å²) in [5.41, 5.74) is 1.72. The average molecular weight is 578 g/mol. The lowest BCUT2D eigenvalue weighted by Crippen LogP contribution is -2.60. The molecule has 0 aromatic carbocycles. The van der Waals surface area contributed by atoms with Crippen molar-refractivity contribution in [2.45, 2.75) is 134 Å². The van der Waals surface area contributed by atoms with Crippen LogP contribution < -0.4 is 5.32 Å². The van der Waals surface area contributed by atoms with Crippen LogP contribution in [0.5, 0.6) is 0 Å². The molecule has 41 heavy (non-hydrogen) atoms. The van der Waals surface area contributed by atoms with Gasteiger partial charge < -0.3 is 40.3 Å². The van der Waals surface area contributed by atoms with Gasteiger partial charge in [-0.25, -0.2) is 0 Å². The van der Waals surface area contributed by atoms with Gasteiger partial charge in [0.25, 0.3) is 0 Å². The molecule has 0 aromatic heterocycles. The average Bonchev–Trinajstić information content (AvgIpc) is 3.23. The summed E-state index contributed by atoms with van der Waals surface area (Å²) in [4.78, 5) is 0. The maximum Gasteiger partial charge on any atom is 0.186 e. The van der Waals surface area contributed by atoms with E-state index in [0.717, 1.165) is 44.6 Å². The Morgan fingerprint density at radius 3 is 2.51 bits per heavy atom. The van der Waals surface area contributed by atoms with Crippen LogP contribution in [0.3, 0.4) is 0 Å². The zero-order chi connectivity index (χ0) is 29.3. The van der Waals surface area contributed by atoms with E-state index >= 15 is 0 Å². The molecule has 6 aliphatic rings. The van der Waals surface area contributed by atoms with Gasteiger partial charge in [-0.2, -0.15) is 0 Å². The van der Waals surface area contributed by atoms with Crippen LogP contribution in [0.25, 0.3) is 0 Å². The molecule has 0 bridgehead atoms. The second-order valence-electron chi connectivity index (χ2n) is 15.4. The number of hydrogen-bond donors (Lipinski definition) is 6. The molecule has 8 nitrogen and oxygen atoms in total. The van der Waals surface area contributed by atoms with Crippen molar-refractivity contribution in [1.82, 2.24) is 5.32 Å². The van der Waals surface area contributed by atoms with Crippen LogP contribution >= 0.6 is 0 Å². The Labute approximate surface area is 245 Å². The molecule has 0 aromatic rings. The SMILES string of the molecule is C[C@@H]1CC[C@H]([C@@H](C)[C@H]2[C@H](O)C[C@H]3[C@@H]4CC=C5C[C@@H](O[C@@H]6O[C@H](CO)[C@@H](O)[C@H](O)[C@H]6O)CC[C@]5(C)[C@H]4CC[C@]23C)NC1. The maximum absolute atomic E-state index is 11.6. The molecular formula is C33H55NO7. The molecular weight excluding hydrogens is 522 g/mol. The van der Waals surface area contributed by atoms with E-state index < -0.39 is 37.3 Å². The van der Waals surface area contributed by atoms with Crippen LogP contribution in [-0.4, -0.2) is 87.6 Å².